The van der Waals surface area contributed by atoms with Crippen LogP contribution in [0.15, 0.2) is 47.4 Å². The van der Waals surface area contributed by atoms with Crippen molar-refractivity contribution in [2.24, 2.45) is 0 Å². The average molecular weight is 421 g/mol. The summed E-state index contributed by atoms with van der Waals surface area (Å²) in [5, 5.41) is 11.0. The van der Waals surface area contributed by atoms with E-state index in [2.05, 4.69) is 0 Å². The van der Waals surface area contributed by atoms with Crippen molar-refractivity contribution < 1.29 is 23.0 Å². The zero-order valence-electron chi connectivity index (χ0n) is 16.6. The number of nitro benzene ring substituents is 1. The lowest BCUT2D eigenvalue weighted by molar-refractivity contribution is -0.903. The summed E-state index contributed by atoms with van der Waals surface area (Å²) in [7, 11) is -3.76. The van der Waals surface area contributed by atoms with Gasteiger partial charge in [-0.1, -0.05) is 23.8 Å². The smallest absolute Gasteiger partial charge is 0.270 e. The number of sulfonamides is 1. The Labute approximate surface area is 170 Å². The molecule has 29 heavy (non-hydrogen) atoms. The van der Waals surface area contributed by atoms with Gasteiger partial charge in [-0.2, -0.15) is 4.31 Å². The van der Waals surface area contributed by atoms with Gasteiger partial charge >= 0.3 is 0 Å². The van der Waals surface area contributed by atoms with Crippen molar-refractivity contribution in [2.45, 2.75) is 18.7 Å². The Balaban J connectivity index is 1.56. The summed E-state index contributed by atoms with van der Waals surface area (Å²) in [6.45, 7) is 7.13. The Morgan fingerprint density at radius 3 is 2.38 bits per heavy atom. The van der Waals surface area contributed by atoms with E-state index in [-0.39, 0.29) is 10.6 Å². The number of hydrogen-bond donors (Lipinski definition) is 1. The van der Waals surface area contributed by atoms with Gasteiger partial charge in [-0.05, 0) is 31.5 Å². The summed E-state index contributed by atoms with van der Waals surface area (Å²) >= 11 is 0. The first-order valence-corrected chi connectivity index (χ1v) is 11.0. The van der Waals surface area contributed by atoms with Gasteiger partial charge in [0.25, 0.3) is 5.69 Å². The maximum atomic E-state index is 13.0. The average Bonchev–Trinajstić information content (AvgIpc) is 2.70. The largest absolute Gasteiger partial charge is 0.488 e. The molecule has 9 heteroatoms. The van der Waals surface area contributed by atoms with Crippen molar-refractivity contribution in [2.75, 3.05) is 39.3 Å². The minimum Gasteiger partial charge on any atom is -0.488 e. The van der Waals surface area contributed by atoms with Crippen LogP contribution in [0.2, 0.25) is 0 Å². The Hall–Kier alpha value is -2.49. The number of hydrogen-bond acceptors (Lipinski definition) is 5. The van der Waals surface area contributed by atoms with Gasteiger partial charge < -0.3 is 9.64 Å². The van der Waals surface area contributed by atoms with Crippen LogP contribution in [0.3, 0.4) is 0 Å². The summed E-state index contributed by atoms with van der Waals surface area (Å²) in [4.78, 5) is 11.7. The number of nitrogens with zero attached hydrogens (tertiary/aromatic N) is 2. The van der Waals surface area contributed by atoms with Crippen LogP contribution in [0.25, 0.3) is 0 Å². The highest BCUT2D eigenvalue weighted by Crippen LogP contribution is 2.24. The van der Waals surface area contributed by atoms with E-state index in [1.54, 1.807) is 6.92 Å². The lowest BCUT2D eigenvalue weighted by Crippen LogP contribution is -3.15. The molecule has 1 aliphatic heterocycles. The third-order valence-corrected chi connectivity index (χ3v) is 7.22. The van der Waals surface area contributed by atoms with Crippen molar-refractivity contribution in [1.82, 2.24) is 4.31 Å². The molecule has 0 amide bonds. The van der Waals surface area contributed by atoms with Crippen LogP contribution < -0.4 is 9.64 Å². The van der Waals surface area contributed by atoms with Gasteiger partial charge in [0.15, 0.2) is 0 Å². The molecule has 0 atom stereocenters. The van der Waals surface area contributed by atoms with Gasteiger partial charge in [0.2, 0.25) is 10.0 Å². The first-order valence-electron chi connectivity index (χ1n) is 9.55. The molecule has 0 aromatic heterocycles. The number of nitrogens with one attached hydrogen (secondary N) is 1. The number of ether oxygens (including phenoxy) is 1. The van der Waals surface area contributed by atoms with Crippen LogP contribution in [0.5, 0.6) is 5.75 Å². The molecule has 0 radical (unpaired) electrons. The van der Waals surface area contributed by atoms with Crippen molar-refractivity contribution in [3.05, 3.63) is 63.7 Å². The van der Waals surface area contributed by atoms with Crippen LogP contribution in [-0.2, 0) is 10.0 Å². The zero-order valence-corrected chi connectivity index (χ0v) is 17.4. The molecule has 0 unspecified atom stereocenters. The Kier molecular flexibility index (Phi) is 6.51. The van der Waals surface area contributed by atoms with Gasteiger partial charge in [-0.15, -0.1) is 0 Å². The molecule has 156 valence electrons. The number of quaternary nitrogens is 1. The van der Waals surface area contributed by atoms with E-state index < -0.39 is 14.9 Å². The van der Waals surface area contributed by atoms with E-state index >= 15 is 0 Å². The fraction of sp³-hybridized carbons (Fsp3) is 0.400. The van der Waals surface area contributed by atoms with Gasteiger partial charge in [-0.25, -0.2) is 8.42 Å². The normalized spacial score (nSPS) is 15.9. The Morgan fingerprint density at radius 1 is 1.10 bits per heavy atom. The molecule has 0 bridgehead atoms. The maximum Gasteiger partial charge on any atom is 0.270 e. The monoisotopic (exact) mass is 420 g/mol. The molecule has 1 N–H and O–H groups in total. The molecule has 0 saturated carbocycles. The lowest BCUT2D eigenvalue weighted by atomic mass is 10.2. The van der Waals surface area contributed by atoms with Crippen LogP contribution in [-0.4, -0.2) is 57.0 Å². The zero-order chi connectivity index (χ0) is 21.0. The van der Waals surface area contributed by atoms with Gasteiger partial charge in [0.05, 0.1) is 36.0 Å². The molecule has 2 aromatic rings. The topological polar surface area (TPSA) is 94.2 Å². The Morgan fingerprint density at radius 2 is 1.76 bits per heavy atom. The molecule has 0 spiro atoms. The number of piperazine rings is 1. The third kappa shape index (κ3) is 5.11. The highest BCUT2D eigenvalue weighted by Gasteiger charge is 2.32. The molecule has 3 rings (SSSR count). The number of rotatable bonds is 7. The summed E-state index contributed by atoms with van der Waals surface area (Å²) in [5.41, 5.74) is 1.47. The third-order valence-electron chi connectivity index (χ3n) is 5.18. The molecule has 8 nitrogen and oxygen atoms in total. The van der Waals surface area contributed by atoms with Gasteiger partial charge in [0, 0.05) is 12.1 Å². The first-order chi connectivity index (χ1) is 13.8. The van der Waals surface area contributed by atoms with Crippen LogP contribution in [0.4, 0.5) is 5.69 Å². The number of non-ortho nitro benzene ring substituents is 1. The standard InChI is InChI=1S/C20H25N3O5S/c1-16-3-7-19(8-4-16)28-14-13-21-9-11-22(12-10-21)29(26,27)20-15-18(23(24)25)6-5-17(20)2/h3-8,15H,9-14H2,1-2H3/p+1. The van der Waals surface area contributed by atoms with E-state index in [1.807, 2.05) is 31.2 Å². The van der Waals surface area contributed by atoms with Gasteiger partial charge in [-0.3, -0.25) is 10.1 Å². The van der Waals surface area contributed by atoms with E-state index in [0.29, 0.717) is 38.3 Å². The van der Waals surface area contributed by atoms with E-state index in [0.717, 1.165) is 18.4 Å². The van der Waals surface area contributed by atoms with Crippen molar-refractivity contribution >= 4 is 15.7 Å². The molecule has 1 heterocycles. The molecular formula is C20H26N3O5S+. The number of nitro groups is 1. The predicted molar refractivity (Wildman–Crippen MR) is 109 cm³/mol. The quantitative estimate of drug-likeness (QED) is 0.536. The highest BCUT2D eigenvalue weighted by molar-refractivity contribution is 7.89. The van der Waals surface area contributed by atoms with Gasteiger partial charge in [0.1, 0.15) is 18.9 Å². The van der Waals surface area contributed by atoms with Crippen molar-refractivity contribution in [1.29, 1.82) is 0 Å². The van der Waals surface area contributed by atoms with Crippen LogP contribution in [0, 0.1) is 24.0 Å². The van der Waals surface area contributed by atoms with Crippen molar-refractivity contribution in [3.8, 4) is 5.75 Å². The SMILES string of the molecule is Cc1ccc(OCC[NH+]2CCN(S(=O)(=O)c3cc([N+](=O)[O-])ccc3C)CC2)cc1. The molecule has 0 aliphatic carbocycles. The first kappa shape index (κ1) is 21.2. The minimum atomic E-state index is -3.76. The molecule has 1 fully saturated rings. The van der Waals surface area contributed by atoms with Crippen molar-refractivity contribution in [3.63, 3.8) is 0 Å². The highest BCUT2D eigenvalue weighted by atomic mass is 32.2. The fourth-order valence-corrected chi connectivity index (χ4v) is 5.05. The minimum absolute atomic E-state index is 0.0119. The van der Waals surface area contributed by atoms with E-state index in [9.17, 15) is 18.5 Å². The molecule has 2 aromatic carbocycles. The van der Waals surface area contributed by atoms with Crippen LogP contribution >= 0.6 is 0 Å². The lowest BCUT2D eigenvalue weighted by Gasteiger charge is -2.31. The second-order valence-electron chi connectivity index (χ2n) is 7.27. The second-order valence-corrected chi connectivity index (χ2v) is 9.18. The summed E-state index contributed by atoms with van der Waals surface area (Å²) in [5.74, 6) is 0.831. The molecule has 1 aliphatic rings. The second kappa shape index (κ2) is 8.89. The number of benzene rings is 2. The summed E-state index contributed by atoms with van der Waals surface area (Å²) < 4.78 is 33.2. The Bertz CT molecular complexity index is 968. The van der Waals surface area contributed by atoms with E-state index in [4.69, 9.17) is 4.74 Å². The summed E-state index contributed by atoms with van der Waals surface area (Å²) in [6, 6.07) is 11.8. The predicted octanol–water partition coefficient (Wildman–Crippen LogP) is 1.18. The van der Waals surface area contributed by atoms with E-state index in [1.165, 1.54) is 26.9 Å². The summed E-state index contributed by atoms with van der Waals surface area (Å²) in [6.07, 6.45) is 0. The number of aryl methyl sites for hydroxylation is 2. The fourth-order valence-electron chi connectivity index (χ4n) is 3.36. The molecule has 1 saturated heterocycles. The maximum absolute atomic E-state index is 13.0. The van der Waals surface area contributed by atoms with Crippen LogP contribution in [0.1, 0.15) is 11.1 Å². The molecular weight excluding hydrogens is 394 g/mol.